The molecule has 1 aliphatic heterocycles. The van der Waals surface area contributed by atoms with Gasteiger partial charge < -0.3 is 21.3 Å². The van der Waals surface area contributed by atoms with E-state index in [1.165, 1.54) is 12.8 Å². The van der Waals surface area contributed by atoms with E-state index in [0.29, 0.717) is 25.1 Å². The zero-order valence-electron chi connectivity index (χ0n) is 15.2. The van der Waals surface area contributed by atoms with Crippen LogP contribution in [-0.4, -0.2) is 48.9 Å². The third kappa shape index (κ3) is 7.91. The standard InChI is InChI=1S/C18H28N4O2.2ClH/c1-2-16(19)18(24)21-13-14-5-7-15(8-6-14)17(23)20-9-12-22-10-3-4-11-22;;/h5-8,16H,2-4,9-13,19H2,1H3,(H,20,23)(H,21,24);2*1H/t16-;;/m0../s1. The van der Waals surface area contributed by atoms with Gasteiger partial charge in [-0.3, -0.25) is 9.59 Å². The summed E-state index contributed by atoms with van der Waals surface area (Å²) in [4.78, 5) is 26.1. The van der Waals surface area contributed by atoms with E-state index in [0.717, 1.165) is 25.2 Å². The van der Waals surface area contributed by atoms with Crippen LogP contribution in [0.3, 0.4) is 0 Å². The van der Waals surface area contributed by atoms with Crippen LogP contribution in [0, 0.1) is 0 Å². The average Bonchev–Trinajstić information content (AvgIpc) is 3.12. The number of likely N-dealkylation sites (tertiary alicyclic amines) is 1. The van der Waals surface area contributed by atoms with Crippen molar-refractivity contribution in [1.82, 2.24) is 15.5 Å². The normalized spacial score (nSPS) is 14.7. The molecule has 1 aliphatic rings. The minimum absolute atomic E-state index is 0. The molecule has 4 N–H and O–H groups in total. The Bertz CT molecular complexity index is 549. The molecule has 148 valence electrons. The van der Waals surface area contributed by atoms with Crippen molar-refractivity contribution in [3.05, 3.63) is 35.4 Å². The van der Waals surface area contributed by atoms with E-state index in [9.17, 15) is 9.59 Å². The number of nitrogens with zero attached hydrogens (tertiary/aromatic N) is 1. The van der Waals surface area contributed by atoms with E-state index in [-0.39, 0.29) is 36.6 Å². The van der Waals surface area contributed by atoms with Crippen molar-refractivity contribution in [2.45, 2.75) is 38.8 Å². The van der Waals surface area contributed by atoms with Crippen molar-refractivity contribution in [3.63, 3.8) is 0 Å². The first kappa shape index (κ1) is 24.7. The molecular formula is C18H30Cl2N4O2. The monoisotopic (exact) mass is 404 g/mol. The van der Waals surface area contributed by atoms with Gasteiger partial charge in [-0.05, 0) is 50.0 Å². The van der Waals surface area contributed by atoms with Gasteiger partial charge in [-0.2, -0.15) is 0 Å². The number of hydrogen-bond acceptors (Lipinski definition) is 4. The number of hydrogen-bond donors (Lipinski definition) is 3. The number of benzene rings is 1. The lowest BCUT2D eigenvalue weighted by Crippen LogP contribution is -2.39. The molecule has 0 unspecified atom stereocenters. The Balaban J connectivity index is 0.00000312. The summed E-state index contributed by atoms with van der Waals surface area (Å²) in [5, 5.41) is 5.75. The predicted octanol–water partition coefficient (Wildman–Crippen LogP) is 1.71. The highest BCUT2D eigenvalue weighted by Gasteiger charge is 2.12. The zero-order valence-corrected chi connectivity index (χ0v) is 16.8. The van der Waals surface area contributed by atoms with Crippen LogP contribution in [0.4, 0.5) is 0 Å². The molecule has 2 amide bonds. The number of carbonyl (C=O) groups is 2. The molecule has 6 nitrogen and oxygen atoms in total. The van der Waals surface area contributed by atoms with E-state index < -0.39 is 6.04 Å². The number of nitrogens with one attached hydrogen (secondary N) is 2. The lowest BCUT2D eigenvalue weighted by Gasteiger charge is -2.14. The first-order valence-electron chi connectivity index (χ1n) is 8.73. The third-order valence-corrected chi connectivity index (χ3v) is 4.37. The summed E-state index contributed by atoms with van der Waals surface area (Å²) in [6.45, 7) is 6.15. The van der Waals surface area contributed by atoms with Crippen molar-refractivity contribution >= 4 is 36.6 Å². The van der Waals surface area contributed by atoms with E-state index in [1.54, 1.807) is 12.1 Å². The van der Waals surface area contributed by atoms with E-state index in [4.69, 9.17) is 5.73 Å². The second kappa shape index (κ2) is 12.9. The Labute approximate surface area is 168 Å². The molecule has 1 aromatic carbocycles. The second-order valence-electron chi connectivity index (χ2n) is 6.23. The lowest BCUT2D eigenvalue weighted by molar-refractivity contribution is -0.122. The molecule has 2 rings (SSSR count). The number of rotatable bonds is 8. The first-order chi connectivity index (χ1) is 11.6. The van der Waals surface area contributed by atoms with Crippen molar-refractivity contribution in [1.29, 1.82) is 0 Å². The predicted molar refractivity (Wildman–Crippen MR) is 109 cm³/mol. The summed E-state index contributed by atoms with van der Waals surface area (Å²) >= 11 is 0. The number of amides is 2. The Morgan fingerprint density at radius 1 is 1.12 bits per heavy atom. The smallest absolute Gasteiger partial charge is 0.251 e. The van der Waals surface area contributed by atoms with Gasteiger partial charge in [0.15, 0.2) is 0 Å². The van der Waals surface area contributed by atoms with Crippen LogP contribution >= 0.6 is 24.8 Å². The molecule has 0 radical (unpaired) electrons. The van der Waals surface area contributed by atoms with Crippen LogP contribution in [0.15, 0.2) is 24.3 Å². The fraction of sp³-hybridized carbons (Fsp3) is 0.556. The SMILES string of the molecule is CC[C@H](N)C(=O)NCc1ccc(C(=O)NCCN2CCCC2)cc1.Cl.Cl. The van der Waals surface area contributed by atoms with Crippen LogP contribution in [0.2, 0.25) is 0 Å². The van der Waals surface area contributed by atoms with Crippen molar-refractivity contribution in [3.8, 4) is 0 Å². The second-order valence-corrected chi connectivity index (χ2v) is 6.23. The Morgan fingerprint density at radius 3 is 2.31 bits per heavy atom. The van der Waals surface area contributed by atoms with Crippen molar-refractivity contribution < 1.29 is 9.59 Å². The number of nitrogens with two attached hydrogens (primary N) is 1. The van der Waals surface area contributed by atoms with E-state index >= 15 is 0 Å². The minimum Gasteiger partial charge on any atom is -0.351 e. The summed E-state index contributed by atoms with van der Waals surface area (Å²) in [6, 6.07) is 6.81. The van der Waals surface area contributed by atoms with Crippen LogP contribution < -0.4 is 16.4 Å². The van der Waals surface area contributed by atoms with Gasteiger partial charge >= 0.3 is 0 Å². The molecule has 0 bridgehead atoms. The van der Waals surface area contributed by atoms with Crippen LogP contribution in [0.1, 0.15) is 42.1 Å². The van der Waals surface area contributed by atoms with Gasteiger partial charge in [0, 0.05) is 25.2 Å². The fourth-order valence-electron chi connectivity index (χ4n) is 2.72. The molecule has 0 saturated carbocycles. The van der Waals surface area contributed by atoms with Gasteiger partial charge in [-0.15, -0.1) is 24.8 Å². The van der Waals surface area contributed by atoms with E-state index in [1.807, 2.05) is 19.1 Å². The summed E-state index contributed by atoms with van der Waals surface area (Å²) in [5.74, 6) is -0.209. The first-order valence-corrected chi connectivity index (χ1v) is 8.73. The largest absolute Gasteiger partial charge is 0.351 e. The zero-order chi connectivity index (χ0) is 17.4. The Hall–Kier alpha value is -1.34. The van der Waals surface area contributed by atoms with Crippen LogP contribution in [-0.2, 0) is 11.3 Å². The molecule has 26 heavy (non-hydrogen) atoms. The molecule has 1 atom stereocenters. The minimum atomic E-state index is -0.467. The maximum Gasteiger partial charge on any atom is 0.251 e. The summed E-state index contributed by atoms with van der Waals surface area (Å²) in [7, 11) is 0. The molecule has 0 aromatic heterocycles. The van der Waals surface area contributed by atoms with E-state index in [2.05, 4.69) is 15.5 Å². The molecule has 1 fully saturated rings. The molecular weight excluding hydrogens is 375 g/mol. The Morgan fingerprint density at radius 2 is 1.73 bits per heavy atom. The van der Waals surface area contributed by atoms with Crippen LogP contribution in [0.5, 0.6) is 0 Å². The summed E-state index contributed by atoms with van der Waals surface area (Å²) < 4.78 is 0. The highest BCUT2D eigenvalue weighted by Crippen LogP contribution is 2.07. The highest BCUT2D eigenvalue weighted by atomic mass is 35.5. The maximum absolute atomic E-state index is 12.1. The highest BCUT2D eigenvalue weighted by molar-refractivity contribution is 5.94. The molecule has 1 saturated heterocycles. The summed E-state index contributed by atoms with van der Waals surface area (Å²) in [5.41, 5.74) is 7.25. The quantitative estimate of drug-likeness (QED) is 0.615. The van der Waals surface area contributed by atoms with Crippen molar-refractivity contribution in [2.75, 3.05) is 26.2 Å². The third-order valence-electron chi connectivity index (χ3n) is 4.37. The molecule has 0 spiro atoms. The average molecular weight is 405 g/mol. The fourth-order valence-corrected chi connectivity index (χ4v) is 2.72. The number of halogens is 2. The van der Waals surface area contributed by atoms with Gasteiger partial charge in [0.05, 0.1) is 6.04 Å². The summed E-state index contributed by atoms with van der Waals surface area (Å²) in [6.07, 6.45) is 3.13. The van der Waals surface area contributed by atoms with Gasteiger partial charge in [0.25, 0.3) is 5.91 Å². The topological polar surface area (TPSA) is 87.5 Å². The number of carbonyl (C=O) groups excluding carboxylic acids is 2. The van der Waals surface area contributed by atoms with Gasteiger partial charge in [0.2, 0.25) is 5.91 Å². The van der Waals surface area contributed by atoms with Crippen molar-refractivity contribution in [2.24, 2.45) is 5.73 Å². The van der Waals surface area contributed by atoms with Crippen LogP contribution in [0.25, 0.3) is 0 Å². The van der Waals surface area contributed by atoms with Gasteiger partial charge in [-0.25, -0.2) is 0 Å². The maximum atomic E-state index is 12.1. The van der Waals surface area contributed by atoms with Gasteiger partial charge in [-0.1, -0.05) is 19.1 Å². The molecule has 1 heterocycles. The lowest BCUT2D eigenvalue weighted by atomic mass is 10.1. The molecule has 0 aliphatic carbocycles. The molecule has 8 heteroatoms. The van der Waals surface area contributed by atoms with Gasteiger partial charge in [0.1, 0.15) is 0 Å². The Kier molecular flexibility index (Phi) is 12.3. The molecule has 1 aromatic rings.